The monoisotopic (exact) mass is 855 g/mol. The third-order valence-corrected chi connectivity index (χ3v) is 14.7. The number of thiophene rings is 1. The van der Waals surface area contributed by atoms with Crippen LogP contribution in [-0.2, 0) is 0 Å². The number of anilines is 3. The summed E-state index contributed by atoms with van der Waals surface area (Å²) in [5, 5.41) is 12.6. The molecule has 13 aromatic rings. The van der Waals surface area contributed by atoms with Gasteiger partial charge in [-0.2, -0.15) is 0 Å². The standard InChI is InChI=1S/C64H41NS/c1-3-17-44(18-4-1)62-57-25-10-9-23-54(57)55-38-34-47(41-59(55)63(62)45-19-5-2-6-20-45)52-22-11-13-28-60(52)65(49-37-39-51-46(40-49)31-30-42-16-7-8-21-50(42)51)48-35-32-43(33-36-48)53-26-15-27-58-56-24-12-14-29-61(56)66-64(53)58/h1-41H. The van der Waals surface area contributed by atoms with Gasteiger partial charge in [-0.15, -0.1) is 11.3 Å². The molecule has 0 saturated heterocycles. The van der Waals surface area contributed by atoms with Gasteiger partial charge in [0, 0.05) is 37.1 Å². The molecule has 1 aromatic heterocycles. The Labute approximate surface area is 387 Å². The molecule has 0 aliphatic rings. The van der Waals surface area contributed by atoms with Crippen LogP contribution in [0.2, 0.25) is 0 Å². The molecule has 0 amide bonds. The number of benzene rings is 12. The van der Waals surface area contributed by atoms with E-state index >= 15 is 0 Å². The number of hydrogen-bond acceptors (Lipinski definition) is 2. The van der Waals surface area contributed by atoms with E-state index in [2.05, 4.69) is 254 Å². The lowest BCUT2D eigenvalue weighted by Crippen LogP contribution is -2.11. The molecule has 0 spiro atoms. The van der Waals surface area contributed by atoms with Crippen LogP contribution in [0.15, 0.2) is 249 Å². The molecule has 2 heteroatoms. The van der Waals surface area contributed by atoms with E-state index in [4.69, 9.17) is 0 Å². The topological polar surface area (TPSA) is 3.24 Å². The molecule has 0 saturated carbocycles. The molecule has 1 heterocycles. The second kappa shape index (κ2) is 15.7. The zero-order valence-electron chi connectivity index (χ0n) is 36.0. The van der Waals surface area contributed by atoms with E-state index in [1.165, 1.54) is 96.6 Å². The van der Waals surface area contributed by atoms with Gasteiger partial charge >= 0.3 is 0 Å². The zero-order valence-corrected chi connectivity index (χ0v) is 36.8. The summed E-state index contributed by atoms with van der Waals surface area (Å²) >= 11 is 1.88. The van der Waals surface area contributed by atoms with Crippen molar-refractivity contribution in [3.05, 3.63) is 249 Å². The second-order valence-electron chi connectivity index (χ2n) is 17.2. The van der Waals surface area contributed by atoms with Gasteiger partial charge in [0.05, 0.1) is 5.69 Å². The Hall–Kier alpha value is -8.30. The Morgan fingerprint density at radius 2 is 0.818 bits per heavy atom. The number of nitrogens with zero attached hydrogens (tertiary/aromatic N) is 1. The Morgan fingerprint density at radius 1 is 0.273 bits per heavy atom. The molecule has 0 atom stereocenters. The summed E-state index contributed by atoms with van der Waals surface area (Å²) in [6.07, 6.45) is 0. The highest BCUT2D eigenvalue weighted by atomic mass is 32.1. The zero-order chi connectivity index (χ0) is 43.6. The van der Waals surface area contributed by atoms with Crippen LogP contribution < -0.4 is 4.90 Å². The van der Waals surface area contributed by atoms with Gasteiger partial charge < -0.3 is 4.90 Å². The molecule has 308 valence electrons. The quantitative estimate of drug-likeness (QED) is 0.144. The predicted octanol–water partition coefficient (Wildman–Crippen LogP) is 18.8. The minimum atomic E-state index is 1.10. The maximum absolute atomic E-state index is 2.45. The van der Waals surface area contributed by atoms with Gasteiger partial charge in [-0.1, -0.05) is 206 Å². The third-order valence-electron chi connectivity index (χ3n) is 13.4. The van der Waals surface area contributed by atoms with Crippen molar-refractivity contribution in [1.29, 1.82) is 0 Å². The molecule has 0 fully saturated rings. The van der Waals surface area contributed by atoms with E-state index in [0.717, 1.165) is 28.2 Å². The van der Waals surface area contributed by atoms with Crippen molar-refractivity contribution in [3.63, 3.8) is 0 Å². The van der Waals surface area contributed by atoms with Crippen molar-refractivity contribution in [2.24, 2.45) is 0 Å². The highest BCUT2D eigenvalue weighted by Gasteiger charge is 2.22. The number of para-hydroxylation sites is 1. The van der Waals surface area contributed by atoms with Gasteiger partial charge in [0.2, 0.25) is 0 Å². The largest absolute Gasteiger partial charge is 0.310 e. The van der Waals surface area contributed by atoms with Crippen LogP contribution in [0.25, 0.3) is 108 Å². The summed E-state index contributed by atoms with van der Waals surface area (Å²) in [6.45, 7) is 0. The molecule has 0 N–H and O–H groups in total. The Morgan fingerprint density at radius 3 is 1.62 bits per heavy atom. The highest BCUT2D eigenvalue weighted by Crippen LogP contribution is 2.48. The SMILES string of the molecule is c1ccc(-c2c(-c3ccccc3)c3cc(-c4ccccc4N(c4ccc(-c5cccc6c5sc5ccccc56)cc4)c4ccc5c(ccc6ccccc65)c4)ccc3c3ccccc23)cc1. The summed E-state index contributed by atoms with van der Waals surface area (Å²) in [5.41, 5.74) is 13.0. The molecule has 1 nitrogen and oxygen atoms in total. The Kier molecular flexibility index (Phi) is 9.11. The van der Waals surface area contributed by atoms with Gasteiger partial charge in [0.15, 0.2) is 0 Å². The molecule has 0 bridgehead atoms. The van der Waals surface area contributed by atoms with Crippen molar-refractivity contribution in [2.75, 3.05) is 4.90 Å². The molecular formula is C64H41NS. The van der Waals surface area contributed by atoms with Gasteiger partial charge in [0.1, 0.15) is 0 Å². The summed E-state index contributed by atoms with van der Waals surface area (Å²) in [7, 11) is 0. The predicted molar refractivity (Wildman–Crippen MR) is 286 cm³/mol. The number of fused-ring (bicyclic) bond motifs is 9. The van der Waals surface area contributed by atoms with Crippen molar-refractivity contribution < 1.29 is 0 Å². The Balaban J connectivity index is 1.03. The molecule has 13 rings (SSSR count). The second-order valence-corrected chi connectivity index (χ2v) is 18.2. The van der Waals surface area contributed by atoms with Gasteiger partial charge in [-0.25, -0.2) is 0 Å². The smallest absolute Gasteiger partial charge is 0.0540 e. The lowest BCUT2D eigenvalue weighted by atomic mass is 9.84. The molecule has 66 heavy (non-hydrogen) atoms. The van der Waals surface area contributed by atoms with Crippen LogP contribution in [0.3, 0.4) is 0 Å². The van der Waals surface area contributed by atoms with Gasteiger partial charge in [-0.05, 0) is 124 Å². The van der Waals surface area contributed by atoms with Crippen LogP contribution >= 0.6 is 11.3 Å². The first kappa shape index (κ1) is 38.2. The van der Waals surface area contributed by atoms with Crippen LogP contribution in [0.4, 0.5) is 17.1 Å². The van der Waals surface area contributed by atoms with Crippen molar-refractivity contribution in [1.82, 2.24) is 0 Å². The van der Waals surface area contributed by atoms with Gasteiger partial charge in [-0.3, -0.25) is 0 Å². The van der Waals surface area contributed by atoms with E-state index in [1.54, 1.807) is 0 Å². The summed E-state index contributed by atoms with van der Waals surface area (Å²) in [6, 6.07) is 91.6. The van der Waals surface area contributed by atoms with Crippen molar-refractivity contribution in [3.8, 4) is 44.5 Å². The van der Waals surface area contributed by atoms with Crippen LogP contribution in [-0.4, -0.2) is 0 Å². The third kappa shape index (κ3) is 6.30. The maximum Gasteiger partial charge on any atom is 0.0540 e. The van der Waals surface area contributed by atoms with Crippen LogP contribution in [0.1, 0.15) is 0 Å². The van der Waals surface area contributed by atoms with Crippen LogP contribution in [0, 0.1) is 0 Å². The number of hydrogen-bond donors (Lipinski definition) is 0. The fraction of sp³-hybridized carbons (Fsp3) is 0. The highest BCUT2D eigenvalue weighted by molar-refractivity contribution is 7.26. The Bertz CT molecular complexity index is 3980. The minimum Gasteiger partial charge on any atom is -0.310 e. The normalized spacial score (nSPS) is 11.6. The fourth-order valence-corrected chi connectivity index (χ4v) is 11.7. The first-order valence-electron chi connectivity index (χ1n) is 22.7. The molecule has 0 unspecified atom stereocenters. The molecule has 12 aromatic carbocycles. The van der Waals surface area contributed by atoms with Crippen molar-refractivity contribution >= 4 is 91.7 Å². The van der Waals surface area contributed by atoms with E-state index in [1.807, 2.05) is 11.3 Å². The molecule has 0 radical (unpaired) electrons. The lowest BCUT2D eigenvalue weighted by molar-refractivity contribution is 1.29. The van der Waals surface area contributed by atoms with Crippen LogP contribution in [0.5, 0.6) is 0 Å². The molecule has 0 aliphatic carbocycles. The minimum absolute atomic E-state index is 1.10. The van der Waals surface area contributed by atoms with Gasteiger partial charge in [0.25, 0.3) is 0 Å². The van der Waals surface area contributed by atoms with E-state index in [-0.39, 0.29) is 0 Å². The molecule has 0 aliphatic heterocycles. The maximum atomic E-state index is 2.45. The summed E-state index contributed by atoms with van der Waals surface area (Å²) in [4.78, 5) is 2.45. The number of rotatable bonds is 7. The first-order chi connectivity index (χ1) is 32.7. The average molecular weight is 856 g/mol. The summed E-state index contributed by atoms with van der Waals surface area (Å²) < 4.78 is 2.64. The molecular weight excluding hydrogens is 815 g/mol. The average Bonchev–Trinajstić information content (AvgIpc) is 3.78. The fourth-order valence-electron chi connectivity index (χ4n) is 10.4. The van der Waals surface area contributed by atoms with E-state index in [9.17, 15) is 0 Å². The first-order valence-corrected chi connectivity index (χ1v) is 23.5. The van der Waals surface area contributed by atoms with E-state index < -0.39 is 0 Å². The lowest BCUT2D eigenvalue weighted by Gasteiger charge is -2.28. The summed E-state index contributed by atoms with van der Waals surface area (Å²) in [5.74, 6) is 0. The van der Waals surface area contributed by atoms with E-state index in [0.29, 0.717) is 0 Å². The van der Waals surface area contributed by atoms with Crippen molar-refractivity contribution in [2.45, 2.75) is 0 Å².